The van der Waals surface area contributed by atoms with Crippen molar-refractivity contribution in [2.45, 2.75) is 0 Å². The van der Waals surface area contributed by atoms with Gasteiger partial charge < -0.3 is 4.74 Å². The van der Waals surface area contributed by atoms with Crippen molar-refractivity contribution in [3.63, 3.8) is 0 Å². The van der Waals surface area contributed by atoms with Gasteiger partial charge in [0, 0.05) is 6.07 Å². The molecule has 98 valence electrons. The van der Waals surface area contributed by atoms with E-state index in [1.165, 1.54) is 18.3 Å². The number of rotatable bonds is 3. The second kappa shape index (κ2) is 5.68. The van der Waals surface area contributed by atoms with Crippen LogP contribution in [0.15, 0.2) is 28.9 Å². The van der Waals surface area contributed by atoms with Crippen LogP contribution in [0, 0.1) is 10.1 Å². The van der Waals surface area contributed by atoms with Gasteiger partial charge in [0.25, 0.3) is 0 Å². The van der Waals surface area contributed by atoms with Crippen molar-refractivity contribution in [1.29, 1.82) is 0 Å². The number of nitro groups is 1. The highest BCUT2D eigenvalue weighted by Crippen LogP contribution is 2.39. The Balaban J connectivity index is 2.49. The number of halogens is 3. The lowest BCUT2D eigenvalue weighted by Gasteiger charge is -2.08. The molecule has 0 radical (unpaired) electrons. The summed E-state index contributed by atoms with van der Waals surface area (Å²) >= 11 is 14.6. The van der Waals surface area contributed by atoms with Gasteiger partial charge in [-0.1, -0.05) is 17.7 Å². The van der Waals surface area contributed by atoms with Gasteiger partial charge in [0.15, 0.2) is 0 Å². The standard InChI is InChI=1S/C10H4BrCl2N3O3/c11-5-2-1-3-7(16(17)18)8(5)19-9-6(12)4-14-10(13)15-9/h1-4H. The van der Waals surface area contributed by atoms with E-state index in [0.29, 0.717) is 4.47 Å². The zero-order valence-electron chi connectivity index (χ0n) is 9.01. The van der Waals surface area contributed by atoms with Gasteiger partial charge in [-0.25, -0.2) is 4.98 Å². The number of para-hydroxylation sites is 1. The first-order chi connectivity index (χ1) is 8.99. The number of hydrogen-bond donors (Lipinski definition) is 0. The lowest BCUT2D eigenvalue weighted by atomic mass is 10.3. The summed E-state index contributed by atoms with van der Waals surface area (Å²) in [6.07, 6.45) is 1.24. The van der Waals surface area contributed by atoms with Gasteiger partial charge in [-0.15, -0.1) is 0 Å². The highest BCUT2D eigenvalue weighted by atomic mass is 79.9. The maximum absolute atomic E-state index is 10.9. The molecule has 1 aromatic heterocycles. The predicted molar refractivity (Wildman–Crippen MR) is 72.9 cm³/mol. The van der Waals surface area contributed by atoms with Crippen LogP contribution in [0.4, 0.5) is 5.69 Å². The van der Waals surface area contributed by atoms with Crippen LogP contribution in [0.1, 0.15) is 0 Å². The summed E-state index contributed by atoms with van der Waals surface area (Å²) in [6, 6.07) is 4.42. The van der Waals surface area contributed by atoms with Crippen molar-refractivity contribution < 1.29 is 9.66 Å². The minimum atomic E-state index is -0.573. The predicted octanol–water partition coefficient (Wildman–Crippen LogP) is 4.25. The first kappa shape index (κ1) is 14.0. The van der Waals surface area contributed by atoms with Crippen molar-refractivity contribution in [2.75, 3.05) is 0 Å². The minimum Gasteiger partial charge on any atom is -0.429 e. The molecule has 2 rings (SSSR count). The molecule has 0 spiro atoms. The molecule has 0 aliphatic heterocycles. The highest BCUT2D eigenvalue weighted by Gasteiger charge is 2.20. The first-order valence-corrected chi connectivity index (χ1v) is 6.32. The Morgan fingerprint density at radius 2 is 2.11 bits per heavy atom. The fraction of sp³-hybridized carbons (Fsp3) is 0. The molecule has 0 bridgehead atoms. The van der Waals surface area contributed by atoms with Crippen LogP contribution in [-0.4, -0.2) is 14.9 Å². The van der Waals surface area contributed by atoms with Crippen molar-refractivity contribution in [2.24, 2.45) is 0 Å². The Morgan fingerprint density at radius 1 is 1.37 bits per heavy atom. The monoisotopic (exact) mass is 363 g/mol. The third kappa shape index (κ3) is 3.12. The van der Waals surface area contributed by atoms with Crippen molar-refractivity contribution in [3.8, 4) is 11.6 Å². The zero-order chi connectivity index (χ0) is 14.0. The number of nitro benzene ring substituents is 1. The molecule has 0 fully saturated rings. The Bertz CT molecular complexity index is 654. The fourth-order valence-electron chi connectivity index (χ4n) is 1.24. The molecule has 2 aromatic rings. The van der Waals surface area contributed by atoms with Crippen LogP contribution in [0.3, 0.4) is 0 Å². The Kier molecular flexibility index (Phi) is 4.18. The Hall–Kier alpha value is -1.44. The third-order valence-corrected chi connectivity index (χ3v) is 3.09. The lowest BCUT2D eigenvalue weighted by molar-refractivity contribution is -0.385. The van der Waals surface area contributed by atoms with Crippen LogP contribution >= 0.6 is 39.1 Å². The third-order valence-electron chi connectivity index (χ3n) is 2.02. The van der Waals surface area contributed by atoms with E-state index in [2.05, 4.69) is 25.9 Å². The van der Waals surface area contributed by atoms with Crippen LogP contribution < -0.4 is 4.74 Å². The van der Waals surface area contributed by atoms with E-state index >= 15 is 0 Å². The largest absolute Gasteiger partial charge is 0.429 e. The van der Waals surface area contributed by atoms with Gasteiger partial charge in [-0.2, -0.15) is 4.98 Å². The molecule has 0 aliphatic carbocycles. The van der Waals surface area contributed by atoms with E-state index in [9.17, 15) is 10.1 Å². The van der Waals surface area contributed by atoms with Crippen LogP contribution in [0.25, 0.3) is 0 Å². The van der Waals surface area contributed by atoms with Gasteiger partial charge >= 0.3 is 5.69 Å². The van der Waals surface area contributed by atoms with Crippen LogP contribution in [0.2, 0.25) is 10.3 Å². The molecule has 19 heavy (non-hydrogen) atoms. The molecule has 6 nitrogen and oxygen atoms in total. The second-order valence-electron chi connectivity index (χ2n) is 3.24. The number of benzene rings is 1. The van der Waals surface area contributed by atoms with E-state index in [4.69, 9.17) is 27.9 Å². The van der Waals surface area contributed by atoms with Gasteiger partial charge in [-0.05, 0) is 33.6 Å². The topological polar surface area (TPSA) is 78.2 Å². The molecule has 0 atom stereocenters. The molecule has 0 amide bonds. The minimum absolute atomic E-state index is 0.0100. The summed E-state index contributed by atoms with van der Waals surface area (Å²) in [5.41, 5.74) is -0.222. The summed E-state index contributed by atoms with van der Waals surface area (Å²) < 4.78 is 5.75. The molecule has 0 saturated heterocycles. The number of nitrogens with zero attached hydrogens (tertiary/aromatic N) is 3. The molecule has 0 aliphatic rings. The van der Waals surface area contributed by atoms with E-state index in [-0.39, 0.29) is 27.6 Å². The molecule has 0 unspecified atom stereocenters. The van der Waals surface area contributed by atoms with Crippen LogP contribution in [-0.2, 0) is 0 Å². The zero-order valence-corrected chi connectivity index (χ0v) is 12.1. The summed E-state index contributed by atoms with van der Waals surface area (Å²) in [5, 5.41) is 10.9. The second-order valence-corrected chi connectivity index (χ2v) is 4.84. The number of hydrogen-bond acceptors (Lipinski definition) is 5. The van der Waals surface area contributed by atoms with E-state index < -0.39 is 4.92 Å². The summed E-state index contributed by atoms with van der Waals surface area (Å²) in [6.45, 7) is 0. The van der Waals surface area contributed by atoms with Gasteiger partial charge in [0.2, 0.25) is 16.9 Å². The molecule has 0 N–H and O–H groups in total. The molecule has 1 aromatic carbocycles. The highest BCUT2D eigenvalue weighted by molar-refractivity contribution is 9.10. The van der Waals surface area contributed by atoms with Crippen molar-refractivity contribution in [1.82, 2.24) is 9.97 Å². The number of aromatic nitrogens is 2. The molecule has 9 heteroatoms. The summed E-state index contributed by atoms with van der Waals surface area (Å²) in [7, 11) is 0. The summed E-state index contributed by atoms with van der Waals surface area (Å²) in [5.74, 6) is -0.0687. The van der Waals surface area contributed by atoms with Crippen molar-refractivity contribution in [3.05, 3.63) is 49.3 Å². The van der Waals surface area contributed by atoms with E-state index in [0.717, 1.165) is 0 Å². The average Bonchev–Trinajstić information content (AvgIpc) is 2.35. The van der Waals surface area contributed by atoms with Crippen LogP contribution in [0.5, 0.6) is 11.6 Å². The van der Waals surface area contributed by atoms with Crippen molar-refractivity contribution >= 4 is 44.8 Å². The fourth-order valence-corrected chi connectivity index (χ4v) is 1.93. The van der Waals surface area contributed by atoms with E-state index in [1.54, 1.807) is 6.07 Å². The molecular weight excluding hydrogens is 361 g/mol. The SMILES string of the molecule is O=[N+]([O-])c1cccc(Br)c1Oc1nc(Cl)ncc1Cl. The molecule has 1 heterocycles. The molecular formula is C10H4BrCl2N3O3. The average molecular weight is 365 g/mol. The van der Waals surface area contributed by atoms with E-state index in [1.807, 2.05) is 0 Å². The van der Waals surface area contributed by atoms with Gasteiger partial charge in [0.05, 0.1) is 15.6 Å². The normalized spacial score (nSPS) is 10.3. The number of ether oxygens (including phenoxy) is 1. The smallest absolute Gasteiger partial charge is 0.312 e. The van der Waals surface area contributed by atoms with Gasteiger partial charge in [-0.3, -0.25) is 10.1 Å². The Labute approximate surface area is 125 Å². The quantitative estimate of drug-likeness (QED) is 0.462. The van der Waals surface area contributed by atoms with Gasteiger partial charge in [0.1, 0.15) is 5.02 Å². The Morgan fingerprint density at radius 3 is 2.79 bits per heavy atom. The first-order valence-electron chi connectivity index (χ1n) is 4.78. The lowest BCUT2D eigenvalue weighted by Crippen LogP contribution is -1.97. The maximum Gasteiger partial charge on any atom is 0.312 e. The molecule has 0 saturated carbocycles. The maximum atomic E-state index is 10.9. The summed E-state index contributed by atoms with van der Waals surface area (Å²) in [4.78, 5) is 17.8.